The summed E-state index contributed by atoms with van der Waals surface area (Å²) in [5.74, 6) is 0. The number of benzene rings is 2. The predicted molar refractivity (Wildman–Crippen MR) is 75.4 cm³/mol. The second-order valence-electron chi connectivity index (χ2n) is 4.51. The second kappa shape index (κ2) is 5.37. The lowest BCUT2D eigenvalue weighted by Crippen LogP contribution is -2.11. The van der Waals surface area contributed by atoms with Gasteiger partial charge in [-0.05, 0) is 25.5 Å². The average molecular weight is 236 g/mol. The van der Waals surface area contributed by atoms with Crippen molar-refractivity contribution in [2.24, 2.45) is 0 Å². The highest BCUT2D eigenvalue weighted by atomic mass is 14.9. The quantitative estimate of drug-likeness (QED) is 0.872. The molecule has 0 amide bonds. The lowest BCUT2D eigenvalue weighted by Gasteiger charge is -2.14. The summed E-state index contributed by atoms with van der Waals surface area (Å²) in [6.45, 7) is 4.13. The highest BCUT2D eigenvalue weighted by Crippen LogP contribution is 2.28. The number of hydrogen-bond donors (Lipinski definition) is 1. The average Bonchev–Trinajstić information content (AvgIpc) is 2.39. The highest BCUT2D eigenvalue weighted by molar-refractivity contribution is 5.77. The minimum absolute atomic E-state index is 0.308. The van der Waals surface area contributed by atoms with Crippen molar-refractivity contribution in [1.82, 2.24) is 0 Å². The van der Waals surface area contributed by atoms with Crippen LogP contribution in [-0.2, 0) is 0 Å². The number of nitrogens with one attached hydrogen (secondary N) is 1. The van der Waals surface area contributed by atoms with E-state index in [2.05, 4.69) is 25.2 Å². The summed E-state index contributed by atoms with van der Waals surface area (Å²) >= 11 is 0. The van der Waals surface area contributed by atoms with Crippen molar-refractivity contribution in [1.29, 1.82) is 5.26 Å². The molecule has 2 aromatic carbocycles. The molecular formula is C16H16N2. The van der Waals surface area contributed by atoms with Crippen molar-refractivity contribution >= 4 is 5.69 Å². The molecule has 0 aliphatic heterocycles. The standard InChI is InChI=1S/C16H16N2/c1-12(2)18-16-10-6-9-14(15(16)11-17)13-7-4-3-5-8-13/h3-10,12,18H,1-2H3. The molecule has 2 aromatic rings. The van der Waals surface area contributed by atoms with E-state index in [-0.39, 0.29) is 0 Å². The van der Waals surface area contributed by atoms with Gasteiger partial charge in [0.15, 0.2) is 0 Å². The third kappa shape index (κ3) is 2.52. The van der Waals surface area contributed by atoms with Gasteiger partial charge in [0.25, 0.3) is 0 Å². The lowest BCUT2D eigenvalue weighted by molar-refractivity contribution is 0.899. The predicted octanol–water partition coefficient (Wildman–Crippen LogP) is 4.05. The molecule has 2 nitrogen and oxygen atoms in total. The molecule has 0 spiro atoms. The van der Waals surface area contributed by atoms with Crippen LogP contribution in [0.5, 0.6) is 0 Å². The molecule has 2 heteroatoms. The zero-order valence-electron chi connectivity index (χ0n) is 10.6. The smallest absolute Gasteiger partial charge is 0.102 e. The molecule has 0 saturated carbocycles. The van der Waals surface area contributed by atoms with Gasteiger partial charge in [0.05, 0.1) is 11.3 Å². The van der Waals surface area contributed by atoms with Crippen molar-refractivity contribution in [3.05, 3.63) is 54.1 Å². The van der Waals surface area contributed by atoms with Crippen LogP contribution in [0.25, 0.3) is 11.1 Å². The Morgan fingerprint density at radius 3 is 2.33 bits per heavy atom. The fourth-order valence-electron chi connectivity index (χ4n) is 1.96. The minimum atomic E-state index is 0.308. The van der Waals surface area contributed by atoms with Crippen LogP contribution in [0.1, 0.15) is 19.4 Å². The number of hydrogen-bond acceptors (Lipinski definition) is 2. The number of nitrogens with zero attached hydrogens (tertiary/aromatic N) is 1. The van der Waals surface area contributed by atoms with E-state index in [0.717, 1.165) is 16.8 Å². The van der Waals surface area contributed by atoms with Crippen molar-refractivity contribution in [2.45, 2.75) is 19.9 Å². The zero-order valence-corrected chi connectivity index (χ0v) is 10.6. The molecular weight excluding hydrogens is 220 g/mol. The second-order valence-corrected chi connectivity index (χ2v) is 4.51. The first-order chi connectivity index (χ1) is 8.72. The van der Waals surface area contributed by atoms with Crippen LogP contribution < -0.4 is 5.32 Å². The molecule has 0 aromatic heterocycles. The maximum atomic E-state index is 9.38. The molecule has 0 unspecified atom stereocenters. The van der Waals surface area contributed by atoms with Crippen LogP contribution >= 0.6 is 0 Å². The SMILES string of the molecule is CC(C)Nc1cccc(-c2ccccc2)c1C#N. The third-order valence-electron chi connectivity index (χ3n) is 2.71. The molecule has 90 valence electrons. The van der Waals surface area contributed by atoms with Gasteiger partial charge in [0, 0.05) is 11.6 Å². The Morgan fingerprint density at radius 2 is 1.72 bits per heavy atom. The summed E-state index contributed by atoms with van der Waals surface area (Å²) < 4.78 is 0. The molecule has 0 aliphatic carbocycles. The molecule has 0 aliphatic rings. The molecule has 0 radical (unpaired) electrons. The van der Waals surface area contributed by atoms with E-state index in [1.54, 1.807) is 0 Å². The molecule has 0 atom stereocenters. The van der Waals surface area contributed by atoms with Crippen molar-refractivity contribution in [3.8, 4) is 17.2 Å². The fourth-order valence-corrected chi connectivity index (χ4v) is 1.96. The van der Waals surface area contributed by atoms with Crippen LogP contribution in [0.3, 0.4) is 0 Å². The number of nitriles is 1. The summed E-state index contributed by atoms with van der Waals surface area (Å²) in [4.78, 5) is 0. The van der Waals surface area contributed by atoms with Crippen molar-refractivity contribution in [2.75, 3.05) is 5.32 Å². The Kier molecular flexibility index (Phi) is 3.64. The first-order valence-corrected chi connectivity index (χ1v) is 6.07. The van der Waals surface area contributed by atoms with E-state index >= 15 is 0 Å². The van der Waals surface area contributed by atoms with E-state index in [1.807, 2.05) is 48.5 Å². The fraction of sp³-hybridized carbons (Fsp3) is 0.188. The zero-order chi connectivity index (χ0) is 13.0. The number of anilines is 1. The lowest BCUT2D eigenvalue weighted by atomic mass is 9.99. The van der Waals surface area contributed by atoms with E-state index in [4.69, 9.17) is 0 Å². The maximum Gasteiger partial charge on any atom is 0.102 e. The molecule has 1 N–H and O–H groups in total. The summed E-state index contributed by atoms with van der Waals surface area (Å²) in [7, 11) is 0. The molecule has 2 rings (SSSR count). The summed E-state index contributed by atoms with van der Waals surface area (Å²) in [6, 6.07) is 18.5. The van der Waals surface area contributed by atoms with Crippen LogP contribution in [0.4, 0.5) is 5.69 Å². The Balaban J connectivity index is 2.53. The van der Waals surface area contributed by atoms with E-state index < -0.39 is 0 Å². The van der Waals surface area contributed by atoms with Crippen molar-refractivity contribution in [3.63, 3.8) is 0 Å². The van der Waals surface area contributed by atoms with E-state index in [0.29, 0.717) is 11.6 Å². The van der Waals surface area contributed by atoms with Gasteiger partial charge in [-0.2, -0.15) is 5.26 Å². The van der Waals surface area contributed by atoms with Crippen LogP contribution in [0, 0.1) is 11.3 Å². The van der Waals surface area contributed by atoms with Gasteiger partial charge in [-0.1, -0.05) is 42.5 Å². The maximum absolute atomic E-state index is 9.38. The molecule has 0 bridgehead atoms. The van der Waals surface area contributed by atoms with Crippen molar-refractivity contribution < 1.29 is 0 Å². The molecule has 18 heavy (non-hydrogen) atoms. The molecule has 0 fully saturated rings. The first kappa shape index (κ1) is 12.2. The van der Waals surface area contributed by atoms with Gasteiger partial charge in [0.2, 0.25) is 0 Å². The van der Waals surface area contributed by atoms with Gasteiger partial charge in [0.1, 0.15) is 6.07 Å². The van der Waals surface area contributed by atoms with Crippen LogP contribution in [-0.4, -0.2) is 6.04 Å². The summed E-state index contributed by atoms with van der Waals surface area (Å²) in [5.41, 5.74) is 3.65. The largest absolute Gasteiger partial charge is 0.382 e. The van der Waals surface area contributed by atoms with Gasteiger partial charge in [-0.15, -0.1) is 0 Å². The highest BCUT2D eigenvalue weighted by Gasteiger charge is 2.09. The third-order valence-corrected chi connectivity index (χ3v) is 2.71. The normalized spacial score (nSPS) is 10.1. The first-order valence-electron chi connectivity index (χ1n) is 6.07. The van der Waals surface area contributed by atoms with Gasteiger partial charge in [-0.3, -0.25) is 0 Å². The minimum Gasteiger partial charge on any atom is -0.382 e. The Morgan fingerprint density at radius 1 is 1.00 bits per heavy atom. The van der Waals surface area contributed by atoms with Gasteiger partial charge >= 0.3 is 0 Å². The summed E-state index contributed by atoms with van der Waals surface area (Å²) in [5, 5.41) is 12.7. The van der Waals surface area contributed by atoms with Crippen LogP contribution in [0.2, 0.25) is 0 Å². The van der Waals surface area contributed by atoms with E-state index in [1.165, 1.54) is 0 Å². The van der Waals surface area contributed by atoms with E-state index in [9.17, 15) is 5.26 Å². The Labute approximate surface area is 108 Å². The molecule has 0 heterocycles. The Bertz CT molecular complexity index is 565. The van der Waals surface area contributed by atoms with Crippen LogP contribution in [0.15, 0.2) is 48.5 Å². The van der Waals surface area contributed by atoms with Gasteiger partial charge < -0.3 is 5.32 Å². The topological polar surface area (TPSA) is 35.8 Å². The Hall–Kier alpha value is -2.27. The van der Waals surface area contributed by atoms with Gasteiger partial charge in [-0.25, -0.2) is 0 Å². The number of rotatable bonds is 3. The molecule has 0 saturated heterocycles. The monoisotopic (exact) mass is 236 g/mol. The summed E-state index contributed by atoms with van der Waals surface area (Å²) in [6.07, 6.45) is 0.